The summed E-state index contributed by atoms with van der Waals surface area (Å²) in [5.41, 5.74) is -0.0848. The highest BCUT2D eigenvalue weighted by atomic mass is 35.7. The summed E-state index contributed by atoms with van der Waals surface area (Å²) < 4.78 is 19.6. The second-order valence-electron chi connectivity index (χ2n) is 2.59. The molecule has 88 valence electrons. The SMILES string of the molecule is O=[N+]([O-])c1ccc(OCOP(=O)(O)Cl)cc1. The lowest BCUT2D eigenvalue weighted by Gasteiger charge is -2.06. The van der Waals surface area contributed by atoms with Crippen LogP contribution in [0.3, 0.4) is 0 Å². The van der Waals surface area contributed by atoms with Gasteiger partial charge in [0.15, 0.2) is 6.79 Å². The Kier molecular flexibility index (Phi) is 4.26. The van der Waals surface area contributed by atoms with Crippen LogP contribution in [0.25, 0.3) is 0 Å². The Labute approximate surface area is 95.0 Å². The Morgan fingerprint density at radius 2 is 2.00 bits per heavy atom. The first kappa shape index (κ1) is 12.9. The van der Waals surface area contributed by atoms with E-state index in [1.54, 1.807) is 0 Å². The molecule has 1 atom stereocenters. The van der Waals surface area contributed by atoms with Gasteiger partial charge in [-0.2, -0.15) is 0 Å². The molecule has 0 aliphatic heterocycles. The van der Waals surface area contributed by atoms with Crippen molar-refractivity contribution in [3.63, 3.8) is 0 Å². The fourth-order valence-electron chi connectivity index (χ4n) is 0.823. The quantitative estimate of drug-likeness (QED) is 0.380. The molecule has 1 aromatic carbocycles. The van der Waals surface area contributed by atoms with E-state index in [9.17, 15) is 14.7 Å². The number of nitrogens with zero attached hydrogens (tertiary/aromatic N) is 1. The first-order valence-corrected chi connectivity index (χ1v) is 6.41. The third-order valence-electron chi connectivity index (χ3n) is 1.49. The lowest BCUT2D eigenvalue weighted by atomic mass is 10.3. The molecule has 1 rings (SSSR count). The number of nitro benzene ring substituents is 1. The molecule has 0 saturated heterocycles. The number of benzene rings is 1. The van der Waals surface area contributed by atoms with Crippen LogP contribution < -0.4 is 4.74 Å². The predicted molar refractivity (Wildman–Crippen MR) is 55.4 cm³/mol. The van der Waals surface area contributed by atoms with E-state index in [1.807, 2.05) is 0 Å². The zero-order chi connectivity index (χ0) is 12.2. The van der Waals surface area contributed by atoms with E-state index < -0.39 is 18.7 Å². The molecular weight excluding hydrogens is 261 g/mol. The van der Waals surface area contributed by atoms with Gasteiger partial charge in [-0.3, -0.25) is 14.6 Å². The van der Waals surface area contributed by atoms with Crippen LogP contribution in [0.2, 0.25) is 0 Å². The van der Waals surface area contributed by atoms with Crippen LogP contribution in [0, 0.1) is 10.1 Å². The van der Waals surface area contributed by atoms with E-state index in [0.717, 1.165) is 0 Å². The number of non-ortho nitro benzene ring substituents is 1. The van der Waals surface area contributed by atoms with E-state index in [0.29, 0.717) is 0 Å². The molecule has 0 amide bonds. The summed E-state index contributed by atoms with van der Waals surface area (Å²) in [6.07, 6.45) is 0. The van der Waals surface area contributed by atoms with Gasteiger partial charge < -0.3 is 9.63 Å². The number of hydrogen-bond acceptors (Lipinski definition) is 5. The highest BCUT2D eigenvalue weighted by molar-refractivity contribution is 7.80. The van der Waals surface area contributed by atoms with Crippen molar-refractivity contribution >= 4 is 23.9 Å². The molecule has 0 saturated carbocycles. The van der Waals surface area contributed by atoms with Gasteiger partial charge >= 0.3 is 6.95 Å². The third kappa shape index (κ3) is 4.59. The lowest BCUT2D eigenvalue weighted by molar-refractivity contribution is -0.384. The van der Waals surface area contributed by atoms with E-state index in [1.165, 1.54) is 24.3 Å². The smallest absolute Gasteiger partial charge is 0.424 e. The average molecular weight is 268 g/mol. The minimum Gasteiger partial charge on any atom is -0.467 e. The van der Waals surface area contributed by atoms with Crippen molar-refractivity contribution in [3.8, 4) is 5.75 Å². The maximum Gasteiger partial charge on any atom is 0.424 e. The van der Waals surface area contributed by atoms with Crippen molar-refractivity contribution in [2.75, 3.05) is 6.79 Å². The number of rotatable bonds is 5. The van der Waals surface area contributed by atoms with Crippen molar-refractivity contribution in [1.82, 2.24) is 0 Å². The monoisotopic (exact) mass is 267 g/mol. The Morgan fingerprint density at radius 3 is 2.44 bits per heavy atom. The fraction of sp³-hybridized carbons (Fsp3) is 0.143. The summed E-state index contributed by atoms with van der Waals surface area (Å²) >= 11 is 4.89. The van der Waals surface area contributed by atoms with E-state index in [2.05, 4.69) is 4.52 Å². The lowest BCUT2D eigenvalue weighted by Crippen LogP contribution is -1.99. The van der Waals surface area contributed by atoms with Crippen LogP contribution in [0.1, 0.15) is 0 Å². The Hall–Kier alpha value is -1.14. The Bertz CT molecular complexity index is 415. The molecule has 1 unspecified atom stereocenters. The highest BCUT2D eigenvalue weighted by Crippen LogP contribution is 2.47. The van der Waals surface area contributed by atoms with Crippen LogP contribution in [-0.4, -0.2) is 16.6 Å². The average Bonchev–Trinajstić information content (AvgIpc) is 2.16. The second kappa shape index (κ2) is 5.27. The van der Waals surface area contributed by atoms with E-state index >= 15 is 0 Å². The summed E-state index contributed by atoms with van der Waals surface area (Å²) in [4.78, 5) is 18.3. The van der Waals surface area contributed by atoms with Crippen LogP contribution in [0.15, 0.2) is 24.3 Å². The largest absolute Gasteiger partial charge is 0.467 e. The first-order valence-electron chi connectivity index (χ1n) is 3.93. The topological polar surface area (TPSA) is 98.9 Å². The summed E-state index contributed by atoms with van der Waals surface area (Å²) in [6, 6.07) is 5.12. The van der Waals surface area contributed by atoms with Crippen molar-refractivity contribution in [3.05, 3.63) is 34.4 Å². The molecule has 0 aliphatic rings. The fourth-order valence-corrected chi connectivity index (χ4v) is 1.13. The third-order valence-corrected chi connectivity index (χ3v) is 2.20. The van der Waals surface area contributed by atoms with Crippen LogP contribution in [0.4, 0.5) is 5.69 Å². The van der Waals surface area contributed by atoms with Gasteiger partial charge in [-0.25, -0.2) is 4.57 Å². The number of ether oxygens (including phenoxy) is 1. The molecular formula is C7H7ClNO6P. The normalized spacial score (nSPS) is 14.1. The van der Waals surface area contributed by atoms with Gasteiger partial charge in [0.2, 0.25) is 0 Å². The number of hydrogen-bond donors (Lipinski definition) is 1. The predicted octanol–water partition coefficient (Wildman–Crippen LogP) is 2.29. The molecule has 1 N–H and O–H groups in total. The molecule has 0 radical (unpaired) electrons. The summed E-state index contributed by atoms with van der Waals surface area (Å²) in [7, 11) is 0. The summed E-state index contributed by atoms with van der Waals surface area (Å²) in [6.45, 7) is -4.61. The van der Waals surface area contributed by atoms with Crippen molar-refractivity contribution < 1.29 is 23.6 Å². The minimum absolute atomic E-state index is 0.0848. The van der Waals surface area contributed by atoms with Crippen molar-refractivity contribution in [1.29, 1.82) is 0 Å². The van der Waals surface area contributed by atoms with Crippen LogP contribution in [0.5, 0.6) is 5.75 Å². The van der Waals surface area contributed by atoms with Gasteiger partial charge in [0.05, 0.1) is 4.92 Å². The van der Waals surface area contributed by atoms with E-state index in [4.69, 9.17) is 20.9 Å². The van der Waals surface area contributed by atoms with Crippen molar-refractivity contribution in [2.24, 2.45) is 0 Å². The molecule has 0 bridgehead atoms. The molecule has 9 heteroatoms. The van der Waals surface area contributed by atoms with Crippen LogP contribution in [-0.2, 0) is 9.09 Å². The standard InChI is InChI=1S/C7H7ClNO6P/c8-16(12,13)15-5-14-7-3-1-6(2-4-7)9(10)11/h1-4H,5H2,(H,12,13). The van der Waals surface area contributed by atoms with Gasteiger partial charge in [-0.05, 0) is 12.1 Å². The molecule has 0 heterocycles. The maximum atomic E-state index is 10.5. The molecule has 16 heavy (non-hydrogen) atoms. The highest BCUT2D eigenvalue weighted by Gasteiger charge is 2.13. The Balaban J connectivity index is 2.50. The van der Waals surface area contributed by atoms with Gasteiger partial charge in [0.25, 0.3) is 5.69 Å². The zero-order valence-electron chi connectivity index (χ0n) is 7.78. The molecule has 0 aromatic heterocycles. The zero-order valence-corrected chi connectivity index (χ0v) is 9.43. The van der Waals surface area contributed by atoms with Crippen LogP contribution >= 0.6 is 18.2 Å². The minimum atomic E-state index is -4.09. The van der Waals surface area contributed by atoms with Gasteiger partial charge in [0.1, 0.15) is 5.75 Å². The summed E-state index contributed by atoms with van der Waals surface area (Å²) in [5.74, 6) is 0.260. The van der Waals surface area contributed by atoms with E-state index in [-0.39, 0.29) is 11.4 Å². The molecule has 7 nitrogen and oxygen atoms in total. The second-order valence-corrected chi connectivity index (χ2v) is 5.04. The first-order chi connectivity index (χ1) is 7.38. The molecule has 1 aromatic rings. The van der Waals surface area contributed by atoms with Gasteiger partial charge in [0, 0.05) is 23.4 Å². The molecule has 0 aliphatic carbocycles. The van der Waals surface area contributed by atoms with Gasteiger partial charge in [-0.1, -0.05) is 0 Å². The molecule has 0 fully saturated rings. The number of halogens is 1. The van der Waals surface area contributed by atoms with Crippen molar-refractivity contribution in [2.45, 2.75) is 0 Å². The molecule has 0 spiro atoms. The summed E-state index contributed by atoms with van der Waals surface area (Å²) in [5, 5.41) is 10.3. The maximum absolute atomic E-state index is 10.5. The number of nitro groups is 1. The Morgan fingerprint density at radius 1 is 1.44 bits per heavy atom. The van der Waals surface area contributed by atoms with Gasteiger partial charge in [-0.15, -0.1) is 0 Å².